The van der Waals surface area contributed by atoms with Gasteiger partial charge in [0, 0.05) is 49.4 Å². The minimum absolute atomic E-state index is 0.200. The Bertz CT molecular complexity index is 1490. The van der Waals surface area contributed by atoms with E-state index in [9.17, 15) is 9.18 Å². The fraction of sp³-hybridized carbons (Fsp3) is 0.310. The van der Waals surface area contributed by atoms with Crippen LogP contribution in [0.3, 0.4) is 0 Å². The van der Waals surface area contributed by atoms with Gasteiger partial charge in [-0.25, -0.2) is 4.39 Å². The van der Waals surface area contributed by atoms with Gasteiger partial charge >= 0.3 is 0 Å². The molecule has 1 aliphatic rings. The number of hydrogen-bond donors (Lipinski definition) is 4. The number of amides is 1. The second kappa shape index (κ2) is 11.2. The number of benzene rings is 2. The zero-order valence-electron chi connectivity index (χ0n) is 22.4. The van der Waals surface area contributed by atoms with Gasteiger partial charge < -0.3 is 31.0 Å². The van der Waals surface area contributed by atoms with Crippen molar-refractivity contribution < 1.29 is 13.9 Å². The van der Waals surface area contributed by atoms with Crippen LogP contribution in [-0.2, 0) is 0 Å². The number of carbonyl (C=O) groups is 1. The normalized spacial score (nSPS) is 14.4. The van der Waals surface area contributed by atoms with Gasteiger partial charge in [-0.3, -0.25) is 14.7 Å². The molecule has 2 aromatic carbocycles. The maximum atomic E-state index is 14.3. The summed E-state index contributed by atoms with van der Waals surface area (Å²) in [4.78, 5) is 24.4. The van der Waals surface area contributed by atoms with Crippen molar-refractivity contribution in [2.24, 2.45) is 5.73 Å². The first kappa shape index (κ1) is 26.3. The fourth-order valence-corrected chi connectivity index (χ4v) is 5.08. The highest BCUT2D eigenvalue weighted by Crippen LogP contribution is 2.35. The molecule has 4 aromatic rings. The molecule has 0 bridgehead atoms. The van der Waals surface area contributed by atoms with Crippen LogP contribution in [0.5, 0.6) is 5.75 Å². The van der Waals surface area contributed by atoms with E-state index in [1.54, 1.807) is 25.6 Å². The fourth-order valence-electron chi connectivity index (χ4n) is 5.08. The molecule has 0 atom stereocenters. The summed E-state index contributed by atoms with van der Waals surface area (Å²) in [5, 5.41) is 7.33. The van der Waals surface area contributed by atoms with E-state index in [0.29, 0.717) is 11.7 Å². The number of nitrogens with one attached hydrogen (secondary N) is 3. The van der Waals surface area contributed by atoms with Crippen LogP contribution in [0, 0.1) is 5.82 Å². The van der Waals surface area contributed by atoms with E-state index in [4.69, 9.17) is 10.5 Å². The molecule has 5 rings (SSSR count). The molecule has 0 spiro atoms. The van der Waals surface area contributed by atoms with Gasteiger partial charge in [0.15, 0.2) is 0 Å². The number of hydrogen-bond acceptors (Lipinski definition) is 7. The van der Waals surface area contributed by atoms with E-state index in [1.165, 1.54) is 12.1 Å². The molecule has 1 amide bonds. The number of fused-ring (bicyclic) bond motifs is 1. The molecule has 204 valence electrons. The van der Waals surface area contributed by atoms with E-state index in [2.05, 4.69) is 56.4 Å². The summed E-state index contributed by atoms with van der Waals surface area (Å²) in [6, 6.07) is 13.0. The highest BCUT2D eigenvalue weighted by Gasteiger charge is 2.19. The van der Waals surface area contributed by atoms with Crippen molar-refractivity contribution in [3.05, 3.63) is 66.2 Å². The molecule has 5 N–H and O–H groups in total. The Labute approximate surface area is 227 Å². The molecule has 9 nitrogen and oxygen atoms in total. The Balaban J connectivity index is 1.38. The Kier molecular flexibility index (Phi) is 7.56. The van der Waals surface area contributed by atoms with E-state index in [-0.39, 0.29) is 11.3 Å². The predicted octanol–water partition coefficient (Wildman–Crippen LogP) is 5.22. The van der Waals surface area contributed by atoms with Crippen LogP contribution in [0.4, 0.5) is 33.0 Å². The first-order valence-electron chi connectivity index (χ1n) is 13.1. The number of H-pyrrole nitrogens is 1. The third-order valence-corrected chi connectivity index (χ3v) is 7.16. The summed E-state index contributed by atoms with van der Waals surface area (Å²) < 4.78 is 20.0. The van der Waals surface area contributed by atoms with Gasteiger partial charge in [-0.05, 0) is 50.6 Å². The van der Waals surface area contributed by atoms with Crippen molar-refractivity contribution in [1.29, 1.82) is 0 Å². The lowest BCUT2D eigenvalue weighted by atomic mass is 10.1. The van der Waals surface area contributed by atoms with Crippen molar-refractivity contribution >= 4 is 45.4 Å². The van der Waals surface area contributed by atoms with Gasteiger partial charge in [0.25, 0.3) is 5.91 Å². The van der Waals surface area contributed by atoms with Crippen LogP contribution in [0.1, 0.15) is 30.6 Å². The molecular weight excluding hydrogens is 497 g/mol. The summed E-state index contributed by atoms with van der Waals surface area (Å²) in [5.41, 5.74) is 8.80. The molecule has 0 unspecified atom stereocenters. The van der Waals surface area contributed by atoms with Gasteiger partial charge in [0.05, 0.1) is 47.6 Å². The van der Waals surface area contributed by atoms with Crippen LogP contribution >= 0.6 is 0 Å². The number of pyridine rings is 1. The number of anilines is 5. The lowest BCUT2D eigenvalue weighted by molar-refractivity contribution is 0.0997. The number of primary amides is 1. The Morgan fingerprint density at radius 1 is 1.05 bits per heavy atom. The minimum atomic E-state index is -0.847. The molecule has 10 heteroatoms. The Morgan fingerprint density at radius 3 is 2.67 bits per heavy atom. The lowest BCUT2D eigenvalue weighted by Gasteiger charge is -2.26. The first-order valence-corrected chi connectivity index (χ1v) is 13.1. The minimum Gasteiger partial charge on any atom is -0.494 e. The van der Waals surface area contributed by atoms with Crippen LogP contribution < -0.4 is 26.0 Å². The van der Waals surface area contributed by atoms with Gasteiger partial charge in [-0.1, -0.05) is 6.07 Å². The number of rotatable bonds is 8. The lowest BCUT2D eigenvalue weighted by Crippen LogP contribution is -2.35. The maximum Gasteiger partial charge on any atom is 0.253 e. The highest BCUT2D eigenvalue weighted by molar-refractivity contribution is 6.02. The average molecular weight is 532 g/mol. The third-order valence-electron chi connectivity index (χ3n) is 7.16. The molecule has 39 heavy (non-hydrogen) atoms. The quantitative estimate of drug-likeness (QED) is 0.247. The number of methoxy groups -OCH3 is 1. The SMILES string of the molecule is COc1cc(N2CCCN(C(C)C)CC2)ccc1Nc1cc2c(Nc3cccc(F)c3C(N)=O)cncc2[nH]1. The van der Waals surface area contributed by atoms with Crippen LogP contribution in [0.15, 0.2) is 54.9 Å². The van der Waals surface area contributed by atoms with Gasteiger partial charge in [0.1, 0.15) is 17.4 Å². The standard InChI is InChI=1S/C29H34FN7O2/c1-18(2)36-10-5-11-37(13-12-36)19-8-9-22(26(14-19)39-3)34-27-15-20-24(16-32-17-25(20)35-27)33-23-7-4-6-21(30)28(23)29(31)38/h4,6-9,14-18,33-35H,5,10-13H2,1-3H3,(H2,31,38). The molecule has 1 fully saturated rings. The van der Waals surface area contributed by atoms with Crippen molar-refractivity contribution in [3.8, 4) is 5.75 Å². The van der Waals surface area contributed by atoms with E-state index >= 15 is 0 Å². The summed E-state index contributed by atoms with van der Waals surface area (Å²) in [7, 11) is 1.67. The number of aromatic nitrogens is 2. The maximum absolute atomic E-state index is 14.3. The number of carbonyl (C=O) groups excluding carboxylic acids is 1. The molecule has 2 aromatic heterocycles. The Morgan fingerprint density at radius 2 is 1.90 bits per heavy atom. The van der Waals surface area contributed by atoms with Crippen LogP contribution in [0.2, 0.25) is 0 Å². The van der Waals surface area contributed by atoms with E-state index < -0.39 is 11.7 Å². The Hall–Kier alpha value is -4.31. The van der Waals surface area contributed by atoms with Crippen molar-refractivity contribution in [2.45, 2.75) is 26.3 Å². The molecule has 0 saturated carbocycles. The molecule has 0 radical (unpaired) electrons. The highest BCUT2D eigenvalue weighted by atomic mass is 19.1. The number of nitrogens with zero attached hydrogens (tertiary/aromatic N) is 3. The number of halogens is 1. The van der Waals surface area contributed by atoms with Crippen molar-refractivity contribution in [1.82, 2.24) is 14.9 Å². The first-order chi connectivity index (χ1) is 18.8. The van der Waals surface area contributed by atoms with Gasteiger partial charge in [0.2, 0.25) is 0 Å². The van der Waals surface area contributed by atoms with Crippen LogP contribution in [0.25, 0.3) is 10.9 Å². The molecule has 0 aliphatic carbocycles. The predicted molar refractivity (Wildman–Crippen MR) is 154 cm³/mol. The van der Waals surface area contributed by atoms with Gasteiger partial charge in [-0.2, -0.15) is 0 Å². The molecule has 1 saturated heterocycles. The summed E-state index contributed by atoms with van der Waals surface area (Å²) in [6.07, 6.45) is 4.44. The zero-order valence-corrected chi connectivity index (χ0v) is 22.4. The number of nitrogens with two attached hydrogens (primary N) is 1. The summed E-state index contributed by atoms with van der Waals surface area (Å²) in [6.45, 7) is 8.63. The zero-order chi connectivity index (χ0) is 27.5. The second-order valence-corrected chi connectivity index (χ2v) is 9.96. The molecular formula is C29H34FN7O2. The van der Waals surface area contributed by atoms with Gasteiger partial charge in [-0.15, -0.1) is 0 Å². The topological polar surface area (TPSA) is 112 Å². The van der Waals surface area contributed by atoms with Crippen LogP contribution in [-0.4, -0.2) is 60.1 Å². The third kappa shape index (κ3) is 5.61. The van der Waals surface area contributed by atoms with E-state index in [0.717, 1.165) is 66.4 Å². The molecule has 3 heterocycles. The number of aromatic amines is 1. The number of ether oxygens (including phenoxy) is 1. The van der Waals surface area contributed by atoms with Crippen molar-refractivity contribution in [2.75, 3.05) is 48.8 Å². The summed E-state index contributed by atoms with van der Waals surface area (Å²) >= 11 is 0. The average Bonchev–Trinajstić information content (AvgIpc) is 3.16. The second-order valence-electron chi connectivity index (χ2n) is 9.96. The monoisotopic (exact) mass is 531 g/mol. The van der Waals surface area contributed by atoms with Crippen molar-refractivity contribution in [3.63, 3.8) is 0 Å². The largest absolute Gasteiger partial charge is 0.494 e. The smallest absolute Gasteiger partial charge is 0.253 e. The molecule has 1 aliphatic heterocycles. The summed E-state index contributed by atoms with van der Waals surface area (Å²) in [5.74, 6) is -0.0700. The van der Waals surface area contributed by atoms with E-state index in [1.807, 2.05) is 12.1 Å².